The Kier molecular flexibility index (Phi) is 4.83. The lowest BCUT2D eigenvalue weighted by molar-refractivity contribution is 0.00467. The highest BCUT2D eigenvalue weighted by molar-refractivity contribution is 5.36. The lowest BCUT2D eigenvalue weighted by Gasteiger charge is -2.32. The van der Waals surface area contributed by atoms with Crippen LogP contribution in [0.2, 0.25) is 0 Å². The molecule has 106 valence electrons. The van der Waals surface area contributed by atoms with E-state index in [0.29, 0.717) is 6.54 Å². The Bertz CT molecular complexity index is 411. The van der Waals surface area contributed by atoms with Gasteiger partial charge in [-0.25, -0.2) is 0 Å². The van der Waals surface area contributed by atoms with Crippen LogP contribution < -0.4 is 10.1 Å². The molecular formula is C16H25NO2. The second-order valence-corrected chi connectivity index (χ2v) is 5.69. The molecule has 0 heterocycles. The molecule has 0 aromatic heterocycles. The number of aryl methyl sites for hydroxylation is 1. The fourth-order valence-corrected chi connectivity index (χ4v) is 2.88. The lowest BCUT2D eigenvalue weighted by atomic mass is 9.85. The molecule has 1 aliphatic rings. The van der Waals surface area contributed by atoms with Crippen molar-refractivity contribution >= 4 is 0 Å². The zero-order valence-corrected chi connectivity index (χ0v) is 12.0. The van der Waals surface area contributed by atoms with Crippen LogP contribution >= 0.6 is 0 Å². The fourth-order valence-electron chi connectivity index (χ4n) is 2.88. The molecule has 0 spiro atoms. The van der Waals surface area contributed by atoms with E-state index in [0.717, 1.165) is 43.5 Å². The van der Waals surface area contributed by atoms with Gasteiger partial charge in [-0.1, -0.05) is 31.4 Å². The molecule has 2 rings (SSSR count). The Labute approximate surface area is 116 Å². The van der Waals surface area contributed by atoms with Crippen molar-refractivity contribution in [3.05, 3.63) is 29.3 Å². The normalized spacial score (nSPS) is 18.3. The van der Waals surface area contributed by atoms with Gasteiger partial charge in [0.05, 0.1) is 12.7 Å². The van der Waals surface area contributed by atoms with Gasteiger partial charge in [-0.15, -0.1) is 0 Å². The van der Waals surface area contributed by atoms with Crippen LogP contribution in [0.5, 0.6) is 5.75 Å². The molecule has 1 aliphatic carbocycles. The maximum atomic E-state index is 10.4. The third-order valence-corrected chi connectivity index (χ3v) is 4.03. The van der Waals surface area contributed by atoms with Crippen LogP contribution in [0.15, 0.2) is 18.2 Å². The Morgan fingerprint density at radius 1 is 1.26 bits per heavy atom. The molecule has 0 aliphatic heterocycles. The molecule has 3 nitrogen and oxygen atoms in total. The first kappa shape index (κ1) is 14.4. The number of ether oxygens (including phenoxy) is 1. The maximum absolute atomic E-state index is 10.4. The summed E-state index contributed by atoms with van der Waals surface area (Å²) < 4.78 is 5.26. The highest BCUT2D eigenvalue weighted by atomic mass is 16.5. The maximum Gasteiger partial charge on any atom is 0.121 e. The molecule has 0 amide bonds. The van der Waals surface area contributed by atoms with E-state index < -0.39 is 5.60 Å². The second-order valence-electron chi connectivity index (χ2n) is 5.69. The van der Waals surface area contributed by atoms with Crippen molar-refractivity contribution in [1.82, 2.24) is 5.32 Å². The first-order chi connectivity index (χ1) is 9.13. The molecule has 1 aromatic rings. The van der Waals surface area contributed by atoms with Gasteiger partial charge in [0.1, 0.15) is 5.75 Å². The van der Waals surface area contributed by atoms with Gasteiger partial charge in [0.25, 0.3) is 0 Å². The number of aliphatic hydroxyl groups is 1. The van der Waals surface area contributed by atoms with Crippen LogP contribution in [0.25, 0.3) is 0 Å². The van der Waals surface area contributed by atoms with Crippen LogP contribution in [0.3, 0.4) is 0 Å². The molecule has 0 radical (unpaired) electrons. The van der Waals surface area contributed by atoms with Crippen molar-refractivity contribution in [3.63, 3.8) is 0 Å². The average Bonchev–Trinajstić information content (AvgIpc) is 2.39. The minimum atomic E-state index is -0.486. The molecule has 0 bridgehead atoms. The number of methoxy groups -OCH3 is 1. The van der Waals surface area contributed by atoms with Gasteiger partial charge in [-0.2, -0.15) is 0 Å². The number of nitrogens with one attached hydrogen (secondary N) is 1. The van der Waals surface area contributed by atoms with E-state index in [1.807, 2.05) is 6.07 Å². The van der Waals surface area contributed by atoms with Gasteiger partial charge < -0.3 is 15.2 Å². The van der Waals surface area contributed by atoms with Gasteiger partial charge in [0, 0.05) is 13.1 Å². The quantitative estimate of drug-likeness (QED) is 0.858. The molecule has 0 saturated heterocycles. The SMILES string of the molecule is COc1ccc(CNCC2(O)CCCCC2)cc1C. The third kappa shape index (κ3) is 3.95. The van der Waals surface area contributed by atoms with Crippen molar-refractivity contribution in [2.24, 2.45) is 0 Å². The van der Waals surface area contributed by atoms with Crippen molar-refractivity contribution in [3.8, 4) is 5.75 Å². The Hall–Kier alpha value is -1.06. The van der Waals surface area contributed by atoms with E-state index in [1.54, 1.807) is 7.11 Å². The van der Waals surface area contributed by atoms with Gasteiger partial charge >= 0.3 is 0 Å². The summed E-state index contributed by atoms with van der Waals surface area (Å²) in [6.07, 6.45) is 5.43. The molecule has 0 atom stereocenters. The topological polar surface area (TPSA) is 41.5 Å². The van der Waals surface area contributed by atoms with Gasteiger partial charge in [-0.05, 0) is 37.0 Å². The molecular weight excluding hydrogens is 238 g/mol. The summed E-state index contributed by atoms with van der Waals surface area (Å²) in [6.45, 7) is 3.54. The van der Waals surface area contributed by atoms with E-state index in [1.165, 1.54) is 12.0 Å². The van der Waals surface area contributed by atoms with Gasteiger partial charge in [-0.3, -0.25) is 0 Å². The Morgan fingerprint density at radius 2 is 2.00 bits per heavy atom. The number of hydrogen-bond acceptors (Lipinski definition) is 3. The minimum absolute atomic E-state index is 0.486. The highest BCUT2D eigenvalue weighted by Crippen LogP contribution is 2.27. The summed E-state index contributed by atoms with van der Waals surface area (Å²) >= 11 is 0. The van der Waals surface area contributed by atoms with Crippen molar-refractivity contribution in [2.75, 3.05) is 13.7 Å². The molecule has 0 unspecified atom stereocenters. The molecule has 2 N–H and O–H groups in total. The van der Waals surface area contributed by atoms with Gasteiger partial charge in [0.2, 0.25) is 0 Å². The summed E-state index contributed by atoms with van der Waals surface area (Å²) in [6, 6.07) is 6.21. The lowest BCUT2D eigenvalue weighted by Crippen LogP contribution is -2.41. The average molecular weight is 263 g/mol. The van der Waals surface area contributed by atoms with Crippen molar-refractivity contribution < 1.29 is 9.84 Å². The Morgan fingerprint density at radius 3 is 2.63 bits per heavy atom. The molecule has 3 heteroatoms. The van der Waals surface area contributed by atoms with Crippen molar-refractivity contribution in [1.29, 1.82) is 0 Å². The summed E-state index contributed by atoms with van der Waals surface area (Å²) in [5.74, 6) is 0.926. The first-order valence-electron chi connectivity index (χ1n) is 7.20. The Balaban J connectivity index is 1.83. The van der Waals surface area contributed by atoms with E-state index in [2.05, 4.69) is 24.4 Å². The summed E-state index contributed by atoms with van der Waals surface area (Å²) in [5, 5.41) is 13.8. The summed E-state index contributed by atoms with van der Waals surface area (Å²) in [5.41, 5.74) is 1.90. The summed E-state index contributed by atoms with van der Waals surface area (Å²) in [7, 11) is 1.69. The van der Waals surface area contributed by atoms with E-state index in [4.69, 9.17) is 4.74 Å². The zero-order valence-electron chi connectivity index (χ0n) is 12.0. The molecule has 1 aromatic carbocycles. The smallest absolute Gasteiger partial charge is 0.121 e. The molecule has 1 saturated carbocycles. The van der Waals surface area contributed by atoms with Crippen molar-refractivity contribution in [2.45, 2.75) is 51.2 Å². The van der Waals surface area contributed by atoms with Crippen LogP contribution in [-0.2, 0) is 6.54 Å². The second kappa shape index (κ2) is 6.40. The number of benzene rings is 1. The summed E-state index contributed by atoms with van der Waals surface area (Å²) in [4.78, 5) is 0. The number of hydrogen-bond donors (Lipinski definition) is 2. The molecule has 19 heavy (non-hydrogen) atoms. The first-order valence-corrected chi connectivity index (χ1v) is 7.20. The standard InChI is InChI=1S/C16H25NO2/c1-13-10-14(6-7-15(13)19-2)11-17-12-16(18)8-4-3-5-9-16/h6-7,10,17-18H,3-5,8-9,11-12H2,1-2H3. The van der Waals surface area contributed by atoms with Gasteiger partial charge in [0.15, 0.2) is 0 Å². The largest absolute Gasteiger partial charge is 0.496 e. The predicted molar refractivity (Wildman–Crippen MR) is 77.5 cm³/mol. The minimum Gasteiger partial charge on any atom is -0.496 e. The predicted octanol–water partition coefficient (Wildman–Crippen LogP) is 2.79. The van der Waals surface area contributed by atoms with Crippen LogP contribution in [0.1, 0.15) is 43.2 Å². The monoisotopic (exact) mass is 263 g/mol. The van der Waals surface area contributed by atoms with E-state index >= 15 is 0 Å². The fraction of sp³-hybridized carbons (Fsp3) is 0.625. The third-order valence-electron chi connectivity index (χ3n) is 4.03. The van der Waals surface area contributed by atoms with Crippen LogP contribution in [0, 0.1) is 6.92 Å². The van der Waals surface area contributed by atoms with E-state index in [9.17, 15) is 5.11 Å². The molecule has 1 fully saturated rings. The zero-order chi connectivity index (χ0) is 13.7. The van der Waals surface area contributed by atoms with Crippen LogP contribution in [0.4, 0.5) is 0 Å². The van der Waals surface area contributed by atoms with E-state index in [-0.39, 0.29) is 0 Å². The number of rotatable bonds is 5. The van der Waals surface area contributed by atoms with Crippen LogP contribution in [-0.4, -0.2) is 24.4 Å². The highest BCUT2D eigenvalue weighted by Gasteiger charge is 2.28.